The van der Waals surface area contributed by atoms with E-state index in [4.69, 9.17) is 11.6 Å². The number of rotatable bonds is 5. The maximum atomic E-state index is 13.3. The van der Waals surface area contributed by atoms with Crippen LogP contribution in [0.2, 0.25) is 5.02 Å². The molecule has 0 aliphatic rings. The van der Waals surface area contributed by atoms with Crippen LogP contribution in [0.5, 0.6) is 0 Å². The summed E-state index contributed by atoms with van der Waals surface area (Å²) in [7, 11) is -3.67. The normalized spacial score (nSPS) is 13.3. The lowest BCUT2D eigenvalue weighted by molar-refractivity contribution is 0.0939. The Bertz CT molecular complexity index is 938. The molecule has 0 aliphatic carbocycles. The maximum Gasteiger partial charge on any atom is 0.251 e. The molecule has 0 bridgehead atoms. The predicted molar refractivity (Wildman–Crippen MR) is 104 cm³/mol. The SMILES string of the molecule is CC(NC(=O)c1ccc(S(=O)(=O)NC(C)(C)C)cc1)c1ccc(F)c(Cl)c1. The zero-order valence-corrected chi connectivity index (χ0v) is 17.1. The van der Waals surface area contributed by atoms with Gasteiger partial charge in [-0.3, -0.25) is 4.79 Å². The first-order valence-electron chi connectivity index (χ1n) is 8.29. The predicted octanol–water partition coefficient (Wildman–Crippen LogP) is 4.05. The lowest BCUT2D eigenvalue weighted by Gasteiger charge is -2.20. The molecule has 0 spiro atoms. The standard InChI is InChI=1S/C19H22ClFN2O3S/c1-12(14-7-10-17(21)16(20)11-14)22-18(24)13-5-8-15(9-6-13)27(25,26)23-19(2,3)4/h5-12,23H,1-4H3,(H,22,24). The third-order valence-electron chi connectivity index (χ3n) is 3.66. The average Bonchev–Trinajstić information content (AvgIpc) is 2.55. The molecule has 0 fully saturated rings. The van der Waals surface area contributed by atoms with Crippen LogP contribution in [0.25, 0.3) is 0 Å². The van der Waals surface area contributed by atoms with Gasteiger partial charge in [0.05, 0.1) is 16.0 Å². The summed E-state index contributed by atoms with van der Waals surface area (Å²) in [6.07, 6.45) is 0. The van der Waals surface area contributed by atoms with Gasteiger partial charge in [-0.05, 0) is 69.7 Å². The highest BCUT2D eigenvalue weighted by Crippen LogP contribution is 2.21. The van der Waals surface area contributed by atoms with Crippen LogP contribution in [0.1, 0.15) is 49.7 Å². The number of hydrogen-bond donors (Lipinski definition) is 2. The molecule has 146 valence electrons. The maximum absolute atomic E-state index is 13.3. The van der Waals surface area contributed by atoms with Gasteiger partial charge in [0.2, 0.25) is 10.0 Å². The summed E-state index contributed by atoms with van der Waals surface area (Å²) in [5, 5.41) is 2.75. The van der Waals surface area contributed by atoms with Crippen molar-refractivity contribution in [1.29, 1.82) is 0 Å². The van der Waals surface area contributed by atoms with Crippen LogP contribution in [0.3, 0.4) is 0 Å². The minimum absolute atomic E-state index is 0.0190. The van der Waals surface area contributed by atoms with Gasteiger partial charge in [0, 0.05) is 11.1 Å². The molecule has 1 atom stereocenters. The van der Waals surface area contributed by atoms with Crippen LogP contribution in [0, 0.1) is 5.82 Å². The van der Waals surface area contributed by atoms with Gasteiger partial charge in [-0.25, -0.2) is 17.5 Å². The molecule has 1 amide bonds. The van der Waals surface area contributed by atoms with Crippen molar-refractivity contribution in [3.05, 3.63) is 64.4 Å². The van der Waals surface area contributed by atoms with Gasteiger partial charge in [0.25, 0.3) is 5.91 Å². The van der Waals surface area contributed by atoms with E-state index in [1.54, 1.807) is 33.8 Å². The van der Waals surface area contributed by atoms with Gasteiger partial charge in [0.15, 0.2) is 0 Å². The summed E-state index contributed by atoms with van der Waals surface area (Å²) in [5.74, 6) is -0.907. The molecular formula is C19H22ClFN2O3S. The van der Waals surface area contributed by atoms with Crippen LogP contribution in [-0.4, -0.2) is 19.9 Å². The molecule has 2 N–H and O–H groups in total. The highest BCUT2D eigenvalue weighted by molar-refractivity contribution is 7.89. The van der Waals surface area contributed by atoms with Crippen LogP contribution in [0.15, 0.2) is 47.4 Å². The van der Waals surface area contributed by atoms with Gasteiger partial charge >= 0.3 is 0 Å². The van der Waals surface area contributed by atoms with E-state index < -0.39 is 27.4 Å². The lowest BCUT2D eigenvalue weighted by Crippen LogP contribution is -2.40. The first kappa shape index (κ1) is 21.3. The molecule has 0 heterocycles. The van der Waals surface area contributed by atoms with E-state index in [-0.39, 0.29) is 15.8 Å². The summed E-state index contributed by atoms with van der Waals surface area (Å²) in [4.78, 5) is 12.5. The Hall–Kier alpha value is -1.96. The number of benzene rings is 2. The molecule has 5 nitrogen and oxygen atoms in total. The van der Waals surface area contributed by atoms with Crippen molar-refractivity contribution in [3.63, 3.8) is 0 Å². The zero-order chi connectivity index (χ0) is 20.4. The molecule has 0 aliphatic heterocycles. The fourth-order valence-electron chi connectivity index (χ4n) is 2.39. The van der Waals surface area contributed by atoms with Gasteiger partial charge in [0.1, 0.15) is 5.82 Å². The van der Waals surface area contributed by atoms with E-state index in [9.17, 15) is 17.6 Å². The van der Waals surface area contributed by atoms with Gasteiger partial charge < -0.3 is 5.32 Å². The first-order valence-corrected chi connectivity index (χ1v) is 10.1. The molecule has 0 aromatic heterocycles. The zero-order valence-electron chi connectivity index (χ0n) is 15.5. The first-order chi connectivity index (χ1) is 12.4. The van der Waals surface area contributed by atoms with Gasteiger partial charge in [-0.15, -0.1) is 0 Å². The molecule has 0 radical (unpaired) electrons. The van der Waals surface area contributed by atoms with Crippen molar-refractivity contribution in [2.24, 2.45) is 0 Å². The van der Waals surface area contributed by atoms with Crippen molar-refractivity contribution in [2.75, 3.05) is 0 Å². The third kappa shape index (κ3) is 5.76. The van der Waals surface area contributed by atoms with Gasteiger partial charge in [-0.2, -0.15) is 0 Å². The fourth-order valence-corrected chi connectivity index (χ4v) is 4.00. The van der Waals surface area contributed by atoms with Crippen molar-refractivity contribution in [3.8, 4) is 0 Å². The number of amides is 1. The Morgan fingerprint density at radius 1 is 1.11 bits per heavy atom. The van der Waals surface area contributed by atoms with Crippen molar-refractivity contribution >= 4 is 27.5 Å². The summed E-state index contributed by atoms with van der Waals surface area (Å²) < 4.78 is 40.4. The third-order valence-corrected chi connectivity index (χ3v) is 5.72. The second-order valence-electron chi connectivity index (χ2n) is 7.25. The fraction of sp³-hybridized carbons (Fsp3) is 0.316. The number of sulfonamides is 1. The molecule has 8 heteroatoms. The molecular weight excluding hydrogens is 391 g/mol. The van der Waals surface area contributed by atoms with E-state index in [1.807, 2.05) is 0 Å². The Balaban J connectivity index is 2.12. The highest BCUT2D eigenvalue weighted by Gasteiger charge is 2.22. The quantitative estimate of drug-likeness (QED) is 0.777. The van der Waals surface area contributed by atoms with E-state index in [1.165, 1.54) is 36.4 Å². The Morgan fingerprint density at radius 2 is 1.70 bits per heavy atom. The van der Waals surface area contributed by atoms with Crippen molar-refractivity contribution in [1.82, 2.24) is 10.0 Å². The number of carbonyl (C=O) groups excluding carboxylic acids is 1. The molecule has 0 saturated carbocycles. The lowest BCUT2D eigenvalue weighted by atomic mass is 10.1. The second kappa shape index (κ2) is 7.96. The van der Waals surface area contributed by atoms with Crippen LogP contribution in [0.4, 0.5) is 4.39 Å². The summed E-state index contributed by atoms with van der Waals surface area (Å²) in [5.41, 5.74) is 0.355. The summed E-state index contributed by atoms with van der Waals surface area (Å²) in [6.45, 7) is 6.98. The highest BCUT2D eigenvalue weighted by atomic mass is 35.5. The monoisotopic (exact) mass is 412 g/mol. The molecule has 1 unspecified atom stereocenters. The van der Waals surface area contributed by atoms with Crippen LogP contribution >= 0.6 is 11.6 Å². The molecule has 2 aromatic carbocycles. The minimum atomic E-state index is -3.67. The number of nitrogens with one attached hydrogen (secondary N) is 2. The Labute approximate surface area is 164 Å². The van der Waals surface area contributed by atoms with Crippen molar-refractivity contribution in [2.45, 2.75) is 44.2 Å². The second-order valence-corrected chi connectivity index (χ2v) is 9.34. The topological polar surface area (TPSA) is 75.3 Å². The Kier molecular flexibility index (Phi) is 6.29. The molecule has 2 rings (SSSR count). The number of hydrogen-bond acceptors (Lipinski definition) is 3. The number of carbonyl (C=O) groups is 1. The van der Waals surface area contributed by atoms with Crippen LogP contribution in [-0.2, 0) is 10.0 Å². The summed E-state index contributed by atoms with van der Waals surface area (Å²) in [6, 6.07) is 9.47. The summed E-state index contributed by atoms with van der Waals surface area (Å²) >= 11 is 5.77. The molecule has 27 heavy (non-hydrogen) atoms. The van der Waals surface area contributed by atoms with Crippen LogP contribution < -0.4 is 10.0 Å². The minimum Gasteiger partial charge on any atom is -0.346 e. The number of halogens is 2. The Morgan fingerprint density at radius 3 is 2.22 bits per heavy atom. The van der Waals surface area contributed by atoms with E-state index in [0.29, 0.717) is 11.1 Å². The largest absolute Gasteiger partial charge is 0.346 e. The van der Waals surface area contributed by atoms with E-state index in [0.717, 1.165) is 0 Å². The molecule has 2 aromatic rings. The average molecular weight is 413 g/mol. The van der Waals surface area contributed by atoms with Crippen molar-refractivity contribution < 1.29 is 17.6 Å². The molecule has 0 saturated heterocycles. The van der Waals surface area contributed by atoms with E-state index in [2.05, 4.69) is 10.0 Å². The van der Waals surface area contributed by atoms with E-state index >= 15 is 0 Å². The smallest absolute Gasteiger partial charge is 0.251 e. The van der Waals surface area contributed by atoms with Gasteiger partial charge in [-0.1, -0.05) is 17.7 Å².